The number of aryl methyl sites for hydroxylation is 1. The van der Waals surface area contributed by atoms with Crippen molar-refractivity contribution >= 4 is 33.1 Å². The van der Waals surface area contributed by atoms with Gasteiger partial charge < -0.3 is 25.7 Å². The molecule has 1 aliphatic heterocycles. The predicted octanol–water partition coefficient (Wildman–Crippen LogP) is 3.52. The van der Waals surface area contributed by atoms with Gasteiger partial charge in [-0.3, -0.25) is 14.9 Å². The maximum atomic E-state index is 12.0. The number of pyridine rings is 1. The number of rotatable bonds is 9. The van der Waals surface area contributed by atoms with Crippen LogP contribution in [0.2, 0.25) is 0 Å². The number of nitrogen functional groups attached to an aromatic ring is 1. The molecule has 1 fully saturated rings. The molecule has 1 amide bonds. The maximum Gasteiger partial charge on any atom is 0.319 e. The van der Waals surface area contributed by atoms with Gasteiger partial charge in [0.05, 0.1) is 29.6 Å². The molecule has 12 heteroatoms. The number of thiophene rings is 1. The van der Waals surface area contributed by atoms with Crippen LogP contribution in [0.25, 0.3) is 21.6 Å². The van der Waals surface area contributed by atoms with E-state index in [0.29, 0.717) is 41.2 Å². The number of anilines is 1. The molecular weight excluding hydrogens is 482 g/mol. The van der Waals surface area contributed by atoms with Crippen LogP contribution in [-0.4, -0.2) is 50.6 Å². The zero-order valence-electron chi connectivity index (χ0n) is 19.8. The number of nitrogens with one attached hydrogen (secondary N) is 1. The molecule has 2 atom stereocenters. The van der Waals surface area contributed by atoms with Crippen molar-refractivity contribution in [2.24, 2.45) is 5.73 Å². The number of amides is 1. The highest BCUT2D eigenvalue weighted by molar-refractivity contribution is 7.21. The highest BCUT2D eigenvalue weighted by Crippen LogP contribution is 2.39. The summed E-state index contributed by atoms with van der Waals surface area (Å²) in [5.74, 6) is -0.625. The molecular formula is C24H27N7O4S. The number of hydrogen-bond donors (Lipinski definition) is 3. The first-order valence-corrected chi connectivity index (χ1v) is 12.5. The topological polar surface area (TPSA) is 164 Å². The summed E-state index contributed by atoms with van der Waals surface area (Å²) >= 11 is 1.10. The van der Waals surface area contributed by atoms with E-state index in [2.05, 4.69) is 25.1 Å². The normalized spacial score (nSPS) is 16.8. The Labute approximate surface area is 211 Å². The van der Waals surface area contributed by atoms with E-state index in [-0.39, 0.29) is 22.9 Å². The SMILES string of the molecule is Cc1cccc(-c2nc(OC(CCOC3CCCCO3)c3cn[nH]c3)nc3sc(C(N)=O)c(N)c23)n1. The minimum Gasteiger partial charge on any atom is -0.455 e. The molecule has 1 saturated heterocycles. The highest BCUT2D eigenvalue weighted by atomic mass is 32.1. The van der Waals surface area contributed by atoms with Gasteiger partial charge in [0.1, 0.15) is 21.5 Å². The van der Waals surface area contributed by atoms with Crippen LogP contribution in [0.5, 0.6) is 6.01 Å². The largest absolute Gasteiger partial charge is 0.455 e. The summed E-state index contributed by atoms with van der Waals surface area (Å²) in [5, 5.41) is 7.40. The van der Waals surface area contributed by atoms with Gasteiger partial charge in [-0.05, 0) is 38.3 Å². The number of aromatic amines is 1. The van der Waals surface area contributed by atoms with E-state index in [1.54, 1.807) is 12.4 Å². The lowest BCUT2D eigenvalue weighted by Crippen LogP contribution is -2.23. The van der Waals surface area contributed by atoms with E-state index in [1.165, 1.54) is 0 Å². The van der Waals surface area contributed by atoms with Gasteiger partial charge in [-0.25, -0.2) is 0 Å². The molecule has 5 rings (SSSR count). The fourth-order valence-electron chi connectivity index (χ4n) is 4.11. The Morgan fingerprint density at radius 2 is 2.19 bits per heavy atom. The van der Waals surface area contributed by atoms with E-state index >= 15 is 0 Å². The van der Waals surface area contributed by atoms with Gasteiger partial charge in [-0.15, -0.1) is 11.3 Å². The summed E-state index contributed by atoms with van der Waals surface area (Å²) in [6.45, 7) is 3.02. The molecule has 11 nitrogen and oxygen atoms in total. The van der Waals surface area contributed by atoms with Gasteiger partial charge in [-0.1, -0.05) is 6.07 Å². The molecule has 36 heavy (non-hydrogen) atoms. The third-order valence-corrected chi connectivity index (χ3v) is 7.00. The Balaban J connectivity index is 1.48. The summed E-state index contributed by atoms with van der Waals surface area (Å²) in [7, 11) is 0. The van der Waals surface area contributed by atoms with Gasteiger partial charge in [0.25, 0.3) is 5.91 Å². The quantitative estimate of drug-likeness (QED) is 0.306. The second-order valence-corrected chi connectivity index (χ2v) is 9.50. The van der Waals surface area contributed by atoms with Crippen molar-refractivity contribution in [3.63, 3.8) is 0 Å². The fourth-order valence-corrected chi connectivity index (χ4v) is 5.04. The van der Waals surface area contributed by atoms with E-state index in [0.717, 1.165) is 41.9 Å². The number of hydrogen-bond acceptors (Lipinski definition) is 10. The summed E-state index contributed by atoms with van der Waals surface area (Å²) in [4.78, 5) is 26.5. The molecule has 2 unspecified atom stereocenters. The molecule has 4 aromatic rings. The first-order valence-electron chi connectivity index (χ1n) is 11.7. The number of ether oxygens (including phenoxy) is 3. The Bertz CT molecular complexity index is 1350. The van der Waals surface area contributed by atoms with E-state index in [1.807, 2.05) is 25.1 Å². The molecule has 5 N–H and O–H groups in total. The number of nitrogens with zero attached hydrogens (tertiary/aromatic N) is 4. The fraction of sp³-hybridized carbons (Fsp3) is 0.375. The Morgan fingerprint density at radius 1 is 1.31 bits per heavy atom. The third kappa shape index (κ3) is 5.15. The number of carbonyl (C=O) groups excluding carboxylic acids is 1. The van der Waals surface area contributed by atoms with E-state index < -0.39 is 12.0 Å². The highest BCUT2D eigenvalue weighted by Gasteiger charge is 2.24. The second-order valence-electron chi connectivity index (χ2n) is 8.50. The van der Waals surface area contributed by atoms with Gasteiger partial charge in [0.15, 0.2) is 6.29 Å². The molecule has 1 aliphatic rings. The molecule has 5 heterocycles. The molecule has 0 spiro atoms. The average Bonchev–Trinajstić information content (AvgIpc) is 3.52. The monoisotopic (exact) mass is 509 g/mol. The number of primary amides is 1. The van der Waals surface area contributed by atoms with Crippen LogP contribution in [0, 0.1) is 6.92 Å². The summed E-state index contributed by atoms with van der Waals surface area (Å²) in [6.07, 6.45) is 6.38. The first kappa shape index (κ1) is 24.1. The van der Waals surface area contributed by atoms with E-state index in [9.17, 15) is 4.79 Å². The molecule has 0 aromatic carbocycles. The molecule has 188 valence electrons. The molecule has 0 saturated carbocycles. The van der Waals surface area contributed by atoms with Crippen LogP contribution >= 0.6 is 11.3 Å². The molecule has 4 aromatic heterocycles. The van der Waals surface area contributed by atoms with Gasteiger partial charge >= 0.3 is 6.01 Å². The van der Waals surface area contributed by atoms with Crippen molar-refractivity contribution in [2.45, 2.75) is 45.0 Å². The zero-order chi connectivity index (χ0) is 25.1. The van der Waals surface area contributed by atoms with Crippen LogP contribution in [0.15, 0.2) is 30.6 Å². The van der Waals surface area contributed by atoms with Gasteiger partial charge in [0, 0.05) is 30.5 Å². The number of aromatic nitrogens is 5. The third-order valence-electron chi connectivity index (χ3n) is 5.88. The van der Waals surface area contributed by atoms with Crippen LogP contribution in [0.1, 0.15) is 52.7 Å². The van der Waals surface area contributed by atoms with Crippen molar-refractivity contribution in [3.8, 4) is 17.4 Å². The lowest BCUT2D eigenvalue weighted by molar-refractivity contribution is -0.165. The second kappa shape index (κ2) is 10.6. The van der Waals surface area contributed by atoms with Gasteiger partial charge in [-0.2, -0.15) is 15.1 Å². The summed E-state index contributed by atoms with van der Waals surface area (Å²) < 4.78 is 17.9. The van der Waals surface area contributed by atoms with Crippen molar-refractivity contribution in [2.75, 3.05) is 18.9 Å². The lowest BCUT2D eigenvalue weighted by atomic mass is 10.1. The Morgan fingerprint density at radius 3 is 2.92 bits per heavy atom. The molecule has 0 radical (unpaired) electrons. The lowest BCUT2D eigenvalue weighted by Gasteiger charge is -2.24. The first-order chi connectivity index (χ1) is 17.5. The van der Waals surface area contributed by atoms with Crippen molar-refractivity contribution < 1.29 is 19.0 Å². The number of nitrogens with two attached hydrogens (primary N) is 2. The zero-order valence-corrected chi connectivity index (χ0v) is 20.6. The average molecular weight is 510 g/mol. The predicted molar refractivity (Wildman–Crippen MR) is 134 cm³/mol. The summed E-state index contributed by atoms with van der Waals surface area (Å²) in [6, 6.07) is 5.71. The van der Waals surface area contributed by atoms with Crippen LogP contribution in [0.4, 0.5) is 5.69 Å². The summed E-state index contributed by atoms with van der Waals surface area (Å²) in [5.41, 5.74) is 14.8. The van der Waals surface area contributed by atoms with Gasteiger partial charge in [0.2, 0.25) is 0 Å². The van der Waals surface area contributed by atoms with Crippen LogP contribution in [-0.2, 0) is 9.47 Å². The molecule has 0 bridgehead atoms. The molecule has 0 aliphatic carbocycles. The minimum atomic E-state index is -0.625. The van der Waals surface area contributed by atoms with Crippen LogP contribution in [0.3, 0.4) is 0 Å². The number of H-pyrrole nitrogens is 1. The van der Waals surface area contributed by atoms with Crippen LogP contribution < -0.4 is 16.2 Å². The Kier molecular flexibility index (Phi) is 7.07. The number of carbonyl (C=O) groups is 1. The smallest absolute Gasteiger partial charge is 0.319 e. The van der Waals surface area contributed by atoms with Crippen molar-refractivity contribution in [3.05, 3.63) is 46.7 Å². The number of fused-ring (bicyclic) bond motifs is 1. The Hall–Kier alpha value is -3.61. The standard InChI is InChI=1S/C24H27N7O4S/c1-13-5-4-6-15(29-13)20-18-19(25)21(22(26)32)36-23(18)31-24(30-20)35-16(14-11-27-28-12-14)8-10-34-17-7-2-3-9-33-17/h4-6,11-12,16-17H,2-3,7-10,25H2,1H3,(H2,26,32)(H,27,28). The van der Waals surface area contributed by atoms with E-state index in [4.69, 9.17) is 25.7 Å². The minimum absolute atomic E-state index is 0.123. The van der Waals surface area contributed by atoms with Crippen molar-refractivity contribution in [1.29, 1.82) is 0 Å². The maximum absolute atomic E-state index is 12.0. The van der Waals surface area contributed by atoms with Crippen molar-refractivity contribution in [1.82, 2.24) is 25.1 Å².